The van der Waals surface area contributed by atoms with Crippen LogP contribution in [0, 0.1) is 11.3 Å². The van der Waals surface area contributed by atoms with Gasteiger partial charge in [-0.05, 0) is 47.5 Å². The minimum absolute atomic E-state index is 0.581. The zero-order chi connectivity index (χ0) is 32.3. The largest absolute Gasteiger partial charge is 0.244 e. The summed E-state index contributed by atoms with van der Waals surface area (Å²) in [7, 11) is 0. The van der Waals surface area contributed by atoms with Crippen LogP contribution in [0.5, 0.6) is 0 Å². The van der Waals surface area contributed by atoms with Crippen LogP contribution in [-0.2, 0) is 0 Å². The van der Waals surface area contributed by atoms with Crippen LogP contribution < -0.4 is 0 Å². The number of para-hydroxylation sites is 2. The van der Waals surface area contributed by atoms with Crippen molar-refractivity contribution in [1.29, 1.82) is 5.26 Å². The molecular weight excluding hydrogens is 587 g/mol. The van der Waals surface area contributed by atoms with E-state index in [0.29, 0.717) is 11.4 Å². The number of nitrogens with zero attached hydrogens (tertiary/aromatic N) is 5. The van der Waals surface area contributed by atoms with Crippen LogP contribution in [0.1, 0.15) is 5.56 Å². The summed E-state index contributed by atoms with van der Waals surface area (Å²) in [6.45, 7) is 0. The Kier molecular flexibility index (Phi) is 7.50. The van der Waals surface area contributed by atoms with Gasteiger partial charge in [-0.15, -0.1) is 0 Å². The smallest absolute Gasteiger partial charge is 0.160 e. The highest BCUT2D eigenvalue weighted by Gasteiger charge is 2.15. The van der Waals surface area contributed by atoms with Gasteiger partial charge in [-0.1, -0.05) is 127 Å². The Hall–Kier alpha value is -6.77. The van der Waals surface area contributed by atoms with Crippen molar-refractivity contribution in [3.63, 3.8) is 0 Å². The standard InChI is InChI=1S/C43H27N5/c44-28-29-11-9-17-35(25-29)42-41(45-37-19-7-8-20-38(37)46-42)33-23-21-30(22-24-33)34-16-10-18-36(26-34)43-47-39(31-12-3-1-4-13-31)27-40(48-43)32-14-5-2-6-15-32/h1-27H. The molecule has 0 saturated heterocycles. The lowest BCUT2D eigenvalue weighted by molar-refractivity contribution is 1.18. The van der Waals surface area contributed by atoms with E-state index >= 15 is 0 Å². The van der Waals surface area contributed by atoms with Gasteiger partial charge in [0.25, 0.3) is 0 Å². The highest BCUT2D eigenvalue weighted by Crippen LogP contribution is 2.34. The molecule has 2 aromatic heterocycles. The summed E-state index contributed by atoms with van der Waals surface area (Å²) in [5, 5.41) is 9.54. The summed E-state index contributed by atoms with van der Waals surface area (Å²) in [4.78, 5) is 20.1. The molecule has 0 amide bonds. The van der Waals surface area contributed by atoms with E-state index in [1.54, 1.807) is 6.07 Å². The van der Waals surface area contributed by atoms with Crippen molar-refractivity contribution in [2.75, 3.05) is 0 Å². The molecule has 8 rings (SSSR count). The van der Waals surface area contributed by atoms with Crippen molar-refractivity contribution < 1.29 is 0 Å². The minimum atomic E-state index is 0.581. The Bertz CT molecular complexity index is 2390. The molecule has 0 unspecified atom stereocenters. The maximum atomic E-state index is 9.54. The predicted molar refractivity (Wildman–Crippen MR) is 192 cm³/mol. The summed E-state index contributed by atoms with van der Waals surface area (Å²) < 4.78 is 0. The van der Waals surface area contributed by atoms with Gasteiger partial charge < -0.3 is 0 Å². The summed E-state index contributed by atoms with van der Waals surface area (Å²) >= 11 is 0. The van der Waals surface area contributed by atoms with Crippen molar-refractivity contribution >= 4 is 11.0 Å². The van der Waals surface area contributed by atoms with Gasteiger partial charge in [0.05, 0.1) is 45.4 Å². The van der Waals surface area contributed by atoms with Gasteiger partial charge in [-0.25, -0.2) is 19.9 Å². The first-order chi connectivity index (χ1) is 23.7. The molecule has 0 atom stereocenters. The second-order valence-electron chi connectivity index (χ2n) is 11.5. The number of hydrogen-bond acceptors (Lipinski definition) is 5. The molecule has 0 saturated carbocycles. The monoisotopic (exact) mass is 613 g/mol. The van der Waals surface area contributed by atoms with Crippen molar-refractivity contribution in [3.8, 4) is 73.6 Å². The Morgan fingerprint density at radius 1 is 0.354 bits per heavy atom. The van der Waals surface area contributed by atoms with Gasteiger partial charge in [-0.2, -0.15) is 5.26 Å². The summed E-state index contributed by atoms with van der Waals surface area (Å²) in [6, 6.07) is 56.8. The third-order valence-corrected chi connectivity index (χ3v) is 8.31. The predicted octanol–water partition coefficient (Wildman–Crippen LogP) is 10.3. The van der Waals surface area contributed by atoms with E-state index in [1.807, 2.05) is 78.9 Å². The third kappa shape index (κ3) is 5.71. The van der Waals surface area contributed by atoms with E-state index in [-0.39, 0.29) is 0 Å². The SMILES string of the molecule is N#Cc1cccc(-c2nc3ccccc3nc2-c2ccc(-c3cccc(-c4nc(-c5ccccc5)cc(-c5ccccc5)n4)c3)cc2)c1. The zero-order valence-electron chi connectivity index (χ0n) is 25.8. The van der Waals surface area contributed by atoms with Crippen LogP contribution in [0.3, 0.4) is 0 Å². The summed E-state index contributed by atoms with van der Waals surface area (Å²) in [5.74, 6) is 0.671. The number of rotatable bonds is 6. The lowest BCUT2D eigenvalue weighted by Crippen LogP contribution is -1.96. The van der Waals surface area contributed by atoms with Gasteiger partial charge >= 0.3 is 0 Å². The average Bonchev–Trinajstić information content (AvgIpc) is 3.18. The third-order valence-electron chi connectivity index (χ3n) is 8.31. The second-order valence-corrected chi connectivity index (χ2v) is 11.5. The second kappa shape index (κ2) is 12.6. The van der Waals surface area contributed by atoms with Crippen molar-refractivity contribution in [2.45, 2.75) is 0 Å². The van der Waals surface area contributed by atoms with E-state index in [2.05, 4.69) is 84.9 Å². The fourth-order valence-electron chi connectivity index (χ4n) is 5.89. The zero-order valence-corrected chi connectivity index (χ0v) is 25.8. The molecule has 8 aromatic rings. The first-order valence-corrected chi connectivity index (χ1v) is 15.7. The van der Waals surface area contributed by atoms with Crippen molar-refractivity contribution in [2.24, 2.45) is 0 Å². The first-order valence-electron chi connectivity index (χ1n) is 15.7. The molecule has 2 heterocycles. The van der Waals surface area contributed by atoms with E-state index in [9.17, 15) is 5.26 Å². The lowest BCUT2D eigenvalue weighted by atomic mass is 9.98. The van der Waals surface area contributed by atoms with E-state index in [4.69, 9.17) is 19.9 Å². The number of benzene rings is 6. The van der Waals surface area contributed by atoms with Crippen LogP contribution in [-0.4, -0.2) is 19.9 Å². The van der Waals surface area contributed by atoms with Gasteiger partial charge in [0.2, 0.25) is 0 Å². The maximum Gasteiger partial charge on any atom is 0.160 e. The van der Waals surface area contributed by atoms with Gasteiger partial charge in [0.15, 0.2) is 5.82 Å². The van der Waals surface area contributed by atoms with Gasteiger partial charge in [0.1, 0.15) is 0 Å². The van der Waals surface area contributed by atoms with Crippen LogP contribution in [0.15, 0.2) is 164 Å². The Morgan fingerprint density at radius 2 is 0.854 bits per heavy atom. The number of hydrogen-bond donors (Lipinski definition) is 0. The van der Waals surface area contributed by atoms with Crippen LogP contribution >= 0.6 is 0 Å². The van der Waals surface area contributed by atoms with E-state index in [0.717, 1.165) is 72.8 Å². The maximum absolute atomic E-state index is 9.54. The molecule has 0 bridgehead atoms. The molecular formula is C43H27N5. The highest BCUT2D eigenvalue weighted by atomic mass is 14.9. The Balaban J connectivity index is 1.19. The molecule has 0 aliphatic rings. The Morgan fingerprint density at radius 3 is 1.48 bits per heavy atom. The Labute approximate surface area is 278 Å². The summed E-state index contributed by atoms with van der Waals surface area (Å²) in [5.41, 5.74) is 12.4. The number of fused-ring (bicyclic) bond motifs is 1. The fraction of sp³-hybridized carbons (Fsp3) is 0. The molecule has 0 spiro atoms. The molecule has 5 heteroatoms. The fourth-order valence-corrected chi connectivity index (χ4v) is 5.89. The topological polar surface area (TPSA) is 75.3 Å². The van der Waals surface area contributed by atoms with Gasteiger partial charge in [-0.3, -0.25) is 0 Å². The van der Waals surface area contributed by atoms with Gasteiger partial charge in [0, 0.05) is 27.8 Å². The minimum Gasteiger partial charge on any atom is -0.244 e. The van der Waals surface area contributed by atoms with Crippen molar-refractivity contribution in [1.82, 2.24) is 19.9 Å². The van der Waals surface area contributed by atoms with Crippen molar-refractivity contribution in [3.05, 3.63) is 169 Å². The molecule has 5 nitrogen and oxygen atoms in total. The molecule has 0 radical (unpaired) electrons. The average molecular weight is 614 g/mol. The molecule has 6 aromatic carbocycles. The van der Waals surface area contributed by atoms with E-state index < -0.39 is 0 Å². The molecule has 0 fully saturated rings. The molecule has 0 aliphatic carbocycles. The highest BCUT2D eigenvalue weighted by molar-refractivity contribution is 5.87. The first kappa shape index (κ1) is 28.7. The lowest BCUT2D eigenvalue weighted by Gasteiger charge is -2.12. The summed E-state index contributed by atoms with van der Waals surface area (Å²) in [6.07, 6.45) is 0. The van der Waals surface area contributed by atoms with Crippen LogP contribution in [0.2, 0.25) is 0 Å². The van der Waals surface area contributed by atoms with Crippen LogP contribution in [0.25, 0.3) is 78.6 Å². The number of aromatic nitrogens is 4. The molecule has 0 N–H and O–H groups in total. The normalized spacial score (nSPS) is 10.9. The quantitative estimate of drug-likeness (QED) is 0.187. The van der Waals surface area contributed by atoms with Crippen LogP contribution in [0.4, 0.5) is 0 Å². The molecule has 224 valence electrons. The van der Waals surface area contributed by atoms with E-state index in [1.165, 1.54) is 0 Å². The molecule has 0 aliphatic heterocycles. The number of nitriles is 1. The molecule has 48 heavy (non-hydrogen) atoms.